The van der Waals surface area contributed by atoms with Crippen LogP contribution in [-0.2, 0) is 16.0 Å². The molecule has 2 atom stereocenters. The fraction of sp³-hybridized carbons (Fsp3) is 0.583. The second-order valence-corrected chi connectivity index (χ2v) is 6.00. The zero-order valence-electron chi connectivity index (χ0n) is 10.5. The van der Waals surface area contributed by atoms with Crippen LogP contribution in [-0.4, -0.2) is 40.8 Å². The van der Waals surface area contributed by atoms with E-state index in [4.69, 9.17) is 5.73 Å². The lowest BCUT2D eigenvalue weighted by atomic mass is 10.1. The number of aromatic nitrogens is 1. The van der Waals surface area contributed by atoms with E-state index in [9.17, 15) is 9.59 Å². The van der Waals surface area contributed by atoms with Gasteiger partial charge in [0.25, 0.3) is 0 Å². The Bertz CT molecular complexity index is 500. The summed E-state index contributed by atoms with van der Waals surface area (Å²) >= 11 is 1.40. The molecule has 2 amide bonds. The van der Waals surface area contributed by atoms with Gasteiger partial charge in [0.15, 0.2) is 5.13 Å². The van der Waals surface area contributed by atoms with Crippen LogP contribution in [0.15, 0.2) is 5.38 Å². The Kier molecular flexibility index (Phi) is 3.14. The minimum Gasteiger partial charge on any atom is -0.375 e. The summed E-state index contributed by atoms with van der Waals surface area (Å²) in [5, 5.41) is 5.35. The monoisotopic (exact) mass is 280 g/mol. The standard InChI is InChI=1S/C12H16N4O2S/c13-12-14-8(6-19-12)1-2-11(18)16-4-7-3-10(17)15-9(7)5-16/h6-7,9H,1-5H2,(H2,13,14)(H,15,17)/t7-,9+/m0/s1. The van der Waals surface area contributed by atoms with E-state index < -0.39 is 0 Å². The largest absolute Gasteiger partial charge is 0.375 e. The number of anilines is 1. The Labute approximate surface area is 115 Å². The molecule has 1 aromatic heterocycles. The number of carbonyl (C=O) groups excluding carboxylic acids is 2. The van der Waals surface area contributed by atoms with Crippen LogP contribution >= 0.6 is 11.3 Å². The molecule has 0 spiro atoms. The third-order valence-electron chi connectivity index (χ3n) is 3.75. The van der Waals surface area contributed by atoms with Gasteiger partial charge in [-0.3, -0.25) is 9.59 Å². The van der Waals surface area contributed by atoms with E-state index in [1.165, 1.54) is 11.3 Å². The van der Waals surface area contributed by atoms with Crippen LogP contribution in [0.1, 0.15) is 18.5 Å². The van der Waals surface area contributed by atoms with Crippen LogP contribution in [0.25, 0.3) is 0 Å². The number of amides is 2. The van der Waals surface area contributed by atoms with E-state index >= 15 is 0 Å². The maximum absolute atomic E-state index is 12.1. The number of hydrogen-bond donors (Lipinski definition) is 2. The van der Waals surface area contributed by atoms with Crippen molar-refractivity contribution in [1.82, 2.24) is 15.2 Å². The smallest absolute Gasteiger partial charge is 0.223 e. The van der Waals surface area contributed by atoms with E-state index in [0.717, 1.165) is 5.69 Å². The second-order valence-electron chi connectivity index (χ2n) is 5.11. The van der Waals surface area contributed by atoms with Gasteiger partial charge in [-0.25, -0.2) is 4.98 Å². The van der Waals surface area contributed by atoms with Crippen LogP contribution in [0.3, 0.4) is 0 Å². The Hall–Kier alpha value is -1.63. The van der Waals surface area contributed by atoms with E-state index in [0.29, 0.717) is 43.4 Å². The molecule has 0 unspecified atom stereocenters. The van der Waals surface area contributed by atoms with Gasteiger partial charge in [-0.15, -0.1) is 11.3 Å². The molecule has 0 bridgehead atoms. The van der Waals surface area contributed by atoms with Gasteiger partial charge in [0, 0.05) is 37.2 Å². The average molecular weight is 280 g/mol. The van der Waals surface area contributed by atoms with Crippen LogP contribution in [0.5, 0.6) is 0 Å². The second kappa shape index (κ2) is 4.80. The summed E-state index contributed by atoms with van der Waals surface area (Å²) < 4.78 is 0. The van der Waals surface area contributed by atoms with Crippen molar-refractivity contribution < 1.29 is 9.59 Å². The predicted molar refractivity (Wildman–Crippen MR) is 71.5 cm³/mol. The number of nitrogens with zero attached hydrogens (tertiary/aromatic N) is 2. The summed E-state index contributed by atoms with van der Waals surface area (Å²) in [5.41, 5.74) is 6.43. The molecule has 3 N–H and O–H groups in total. The molecule has 2 aliphatic rings. The topological polar surface area (TPSA) is 88.3 Å². The Balaban J connectivity index is 1.51. The minimum atomic E-state index is 0.111. The quantitative estimate of drug-likeness (QED) is 0.816. The normalized spacial score (nSPS) is 25.5. The maximum Gasteiger partial charge on any atom is 0.223 e. The summed E-state index contributed by atoms with van der Waals surface area (Å²) in [4.78, 5) is 29.3. The molecule has 2 saturated heterocycles. The van der Waals surface area contributed by atoms with E-state index in [1.54, 1.807) is 0 Å². The molecule has 102 valence electrons. The Morgan fingerprint density at radius 3 is 3.11 bits per heavy atom. The van der Waals surface area contributed by atoms with Crippen LogP contribution in [0.2, 0.25) is 0 Å². The van der Waals surface area contributed by atoms with E-state index in [2.05, 4.69) is 10.3 Å². The maximum atomic E-state index is 12.1. The summed E-state index contributed by atoms with van der Waals surface area (Å²) in [7, 11) is 0. The first-order valence-electron chi connectivity index (χ1n) is 6.39. The van der Waals surface area contributed by atoms with Crippen LogP contribution in [0.4, 0.5) is 5.13 Å². The first-order valence-corrected chi connectivity index (χ1v) is 7.27. The highest BCUT2D eigenvalue weighted by atomic mass is 32.1. The van der Waals surface area contributed by atoms with Crippen molar-refractivity contribution in [3.8, 4) is 0 Å². The lowest BCUT2D eigenvalue weighted by Crippen LogP contribution is -2.35. The Morgan fingerprint density at radius 2 is 2.42 bits per heavy atom. The van der Waals surface area contributed by atoms with Gasteiger partial charge in [0.2, 0.25) is 11.8 Å². The molecule has 3 rings (SSSR count). The molecular weight excluding hydrogens is 264 g/mol. The number of carbonyl (C=O) groups is 2. The van der Waals surface area contributed by atoms with Gasteiger partial charge in [0.1, 0.15) is 0 Å². The number of nitrogens with two attached hydrogens (primary N) is 1. The fourth-order valence-electron chi connectivity index (χ4n) is 2.78. The molecule has 1 aromatic rings. The Morgan fingerprint density at radius 1 is 1.58 bits per heavy atom. The number of likely N-dealkylation sites (tertiary alicyclic amines) is 1. The van der Waals surface area contributed by atoms with Crippen molar-refractivity contribution in [2.45, 2.75) is 25.3 Å². The lowest BCUT2D eigenvalue weighted by molar-refractivity contribution is -0.131. The summed E-state index contributed by atoms with van der Waals surface area (Å²) in [6.07, 6.45) is 1.64. The van der Waals surface area contributed by atoms with Crippen LogP contribution in [0, 0.1) is 5.92 Å². The third kappa shape index (κ3) is 2.56. The minimum absolute atomic E-state index is 0.111. The molecule has 6 nitrogen and oxygen atoms in total. The highest BCUT2D eigenvalue weighted by molar-refractivity contribution is 7.13. The van der Waals surface area contributed by atoms with Gasteiger partial charge < -0.3 is 16.0 Å². The first kappa shape index (κ1) is 12.4. The SMILES string of the molecule is Nc1nc(CCC(=O)N2C[C@@H]3CC(=O)N[C@@H]3C2)cs1. The molecule has 0 aliphatic carbocycles. The van der Waals surface area contributed by atoms with Gasteiger partial charge in [0.05, 0.1) is 11.7 Å². The average Bonchev–Trinajstić information content (AvgIpc) is 3.00. The fourth-order valence-corrected chi connectivity index (χ4v) is 3.38. The van der Waals surface area contributed by atoms with Gasteiger partial charge >= 0.3 is 0 Å². The molecule has 7 heteroatoms. The van der Waals surface area contributed by atoms with Gasteiger partial charge in [-0.05, 0) is 6.42 Å². The number of thiazole rings is 1. The van der Waals surface area contributed by atoms with Crippen molar-refractivity contribution in [3.63, 3.8) is 0 Å². The summed E-state index contributed by atoms with van der Waals surface area (Å²) in [6.45, 7) is 1.34. The first-order chi connectivity index (χ1) is 9.11. The number of nitrogen functional groups attached to an aromatic ring is 1. The summed E-state index contributed by atoms with van der Waals surface area (Å²) in [6, 6.07) is 0.159. The van der Waals surface area contributed by atoms with Crippen molar-refractivity contribution in [1.29, 1.82) is 0 Å². The van der Waals surface area contributed by atoms with E-state index in [-0.39, 0.29) is 17.9 Å². The summed E-state index contributed by atoms with van der Waals surface area (Å²) in [5.74, 6) is 0.543. The van der Waals surface area contributed by atoms with Crippen molar-refractivity contribution in [3.05, 3.63) is 11.1 Å². The molecule has 2 aliphatic heterocycles. The lowest BCUT2D eigenvalue weighted by Gasteiger charge is -2.16. The van der Waals surface area contributed by atoms with Gasteiger partial charge in [-0.1, -0.05) is 0 Å². The predicted octanol–water partition coefficient (Wildman–Crippen LogP) is 0.00480. The van der Waals surface area contributed by atoms with Crippen molar-refractivity contribution in [2.24, 2.45) is 5.92 Å². The highest BCUT2D eigenvalue weighted by Gasteiger charge is 2.41. The zero-order valence-corrected chi connectivity index (χ0v) is 11.3. The zero-order chi connectivity index (χ0) is 13.4. The van der Waals surface area contributed by atoms with Crippen molar-refractivity contribution >= 4 is 28.3 Å². The molecule has 0 aromatic carbocycles. The van der Waals surface area contributed by atoms with Gasteiger partial charge in [-0.2, -0.15) is 0 Å². The van der Waals surface area contributed by atoms with Crippen molar-refractivity contribution in [2.75, 3.05) is 18.8 Å². The number of fused-ring (bicyclic) bond motifs is 1. The highest BCUT2D eigenvalue weighted by Crippen LogP contribution is 2.26. The number of aryl methyl sites for hydroxylation is 1. The molecule has 2 fully saturated rings. The molecule has 0 radical (unpaired) electrons. The number of hydrogen-bond acceptors (Lipinski definition) is 5. The number of nitrogens with one attached hydrogen (secondary N) is 1. The van der Waals surface area contributed by atoms with E-state index in [1.807, 2.05) is 10.3 Å². The molecule has 0 saturated carbocycles. The molecule has 19 heavy (non-hydrogen) atoms. The molecular formula is C12H16N4O2S. The molecule has 3 heterocycles. The number of rotatable bonds is 3. The van der Waals surface area contributed by atoms with Crippen LogP contribution < -0.4 is 11.1 Å². The third-order valence-corrected chi connectivity index (χ3v) is 4.47.